The van der Waals surface area contributed by atoms with Crippen molar-refractivity contribution in [2.75, 3.05) is 32.2 Å². The molecule has 1 heterocycles. The van der Waals surface area contributed by atoms with E-state index in [9.17, 15) is 9.59 Å². The Labute approximate surface area is 210 Å². The van der Waals surface area contributed by atoms with Crippen molar-refractivity contribution < 1.29 is 19.1 Å². The summed E-state index contributed by atoms with van der Waals surface area (Å²) >= 11 is 5.29. The number of carbonyl (C=O) groups excluding carboxylic acids is 2. The number of hydrazone groups is 1. The maximum absolute atomic E-state index is 12.6. The molecule has 184 valence electrons. The molecule has 0 aliphatic carbocycles. The fraction of sp³-hybridized carbons (Fsp3) is 0.280. The summed E-state index contributed by atoms with van der Waals surface area (Å²) in [5.74, 6) is -0.451. The van der Waals surface area contributed by atoms with Crippen molar-refractivity contribution in [3.63, 3.8) is 0 Å². The quantitative estimate of drug-likeness (QED) is 0.211. The highest BCUT2D eigenvalue weighted by Gasteiger charge is 2.32. The third-order valence-corrected chi connectivity index (χ3v) is 5.39. The summed E-state index contributed by atoms with van der Waals surface area (Å²) in [4.78, 5) is 26.9. The van der Waals surface area contributed by atoms with E-state index in [2.05, 4.69) is 21.2 Å². The molecule has 0 aromatic heterocycles. The van der Waals surface area contributed by atoms with Gasteiger partial charge in [-0.05, 0) is 49.8 Å². The highest BCUT2D eigenvalue weighted by atomic mass is 32.1. The predicted molar refractivity (Wildman–Crippen MR) is 139 cm³/mol. The molecule has 1 amide bonds. The summed E-state index contributed by atoms with van der Waals surface area (Å²) < 4.78 is 11.0. The molecule has 1 aliphatic rings. The van der Waals surface area contributed by atoms with Crippen LogP contribution < -0.4 is 25.7 Å². The Morgan fingerprint density at radius 1 is 1.17 bits per heavy atom. The molecule has 0 radical (unpaired) electrons. The lowest BCUT2D eigenvalue weighted by Crippen LogP contribution is -2.45. The van der Waals surface area contributed by atoms with Gasteiger partial charge < -0.3 is 25.0 Å². The molecular formula is C25H29N5O4S. The van der Waals surface area contributed by atoms with Crippen molar-refractivity contribution in [2.45, 2.75) is 19.9 Å². The second-order valence-electron chi connectivity index (χ2n) is 7.90. The highest BCUT2D eigenvalue weighted by Crippen LogP contribution is 2.33. The third kappa shape index (κ3) is 6.80. The smallest absolute Gasteiger partial charge is 0.338 e. The van der Waals surface area contributed by atoms with Gasteiger partial charge in [0.2, 0.25) is 0 Å². The Kier molecular flexibility index (Phi) is 8.80. The number of amides is 1. The fourth-order valence-electron chi connectivity index (χ4n) is 3.47. The number of thiocarbonyl (C=S) groups is 1. The minimum Gasteiger partial charge on any atom is -0.483 e. The van der Waals surface area contributed by atoms with E-state index in [-0.39, 0.29) is 13.2 Å². The molecule has 35 heavy (non-hydrogen) atoms. The molecule has 0 unspecified atom stereocenters. The topological polar surface area (TPSA) is 104 Å². The molecule has 0 saturated carbocycles. The Morgan fingerprint density at radius 2 is 1.89 bits per heavy atom. The SMILES string of the molecule is CCOC(=O)C1=C(C)NC(=S)N[C@H]1c1ccccc1OCC(=O)NN=Cc1ccc(N(C)C)cc1. The molecule has 2 aromatic carbocycles. The summed E-state index contributed by atoms with van der Waals surface area (Å²) in [6.45, 7) is 3.48. The number of ether oxygens (including phenoxy) is 2. The van der Waals surface area contributed by atoms with Crippen LogP contribution in [0.5, 0.6) is 5.75 Å². The number of hydrogen-bond donors (Lipinski definition) is 3. The van der Waals surface area contributed by atoms with E-state index < -0.39 is 17.9 Å². The predicted octanol–water partition coefficient (Wildman–Crippen LogP) is 2.64. The van der Waals surface area contributed by atoms with Crippen LogP contribution in [-0.2, 0) is 14.3 Å². The maximum atomic E-state index is 12.6. The van der Waals surface area contributed by atoms with E-state index in [4.69, 9.17) is 21.7 Å². The Hall–Kier alpha value is -3.92. The summed E-state index contributed by atoms with van der Waals surface area (Å²) in [5.41, 5.74) is 6.02. The van der Waals surface area contributed by atoms with Gasteiger partial charge in [0.1, 0.15) is 5.75 Å². The number of rotatable bonds is 9. The number of benzene rings is 2. The molecule has 0 bridgehead atoms. The lowest BCUT2D eigenvalue weighted by molar-refractivity contribution is -0.139. The normalized spacial score (nSPS) is 15.3. The molecule has 1 atom stereocenters. The van der Waals surface area contributed by atoms with Gasteiger partial charge in [0.05, 0.1) is 24.4 Å². The van der Waals surface area contributed by atoms with Crippen molar-refractivity contribution in [1.82, 2.24) is 16.1 Å². The van der Waals surface area contributed by atoms with Crippen LogP contribution >= 0.6 is 12.2 Å². The van der Waals surface area contributed by atoms with Crippen molar-refractivity contribution >= 4 is 41.1 Å². The van der Waals surface area contributed by atoms with Crippen LogP contribution in [0.3, 0.4) is 0 Å². The lowest BCUT2D eigenvalue weighted by Gasteiger charge is -2.30. The van der Waals surface area contributed by atoms with E-state index in [1.165, 1.54) is 0 Å². The number of allylic oxidation sites excluding steroid dienone is 1. The molecule has 9 nitrogen and oxygen atoms in total. The molecular weight excluding hydrogens is 466 g/mol. The van der Waals surface area contributed by atoms with Crippen molar-refractivity contribution in [3.05, 3.63) is 70.9 Å². The molecule has 3 N–H and O–H groups in total. The number of esters is 1. The van der Waals surface area contributed by atoms with Crippen LogP contribution in [0.1, 0.15) is 31.0 Å². The number of hydrogen-bond acceptors (Lipinski definition) is 7. The van der Waals surface area contributed by atoms with E-state index in [0.717, 1.165) is 11.3 Å². The van der Waals surface area contributed by atoms with Gasteiger partial charge in [0.25, 0.3) is 5.91 Å². The number of carbonyl (C=O) groups is 2. The average Bonchev–Trinajstić information content (AvgIpc) is 2.83. The zero-order valence-corrected chi connectivity index (χ0v) is 20.9. The van der Waals surface area contributed by atoms with E-state index in [0.29, 0.717) is 27.7 Å². The van der Waals surface area contributed by atoms with Crippen molar-refractivity contribution in [1.29, 1.82) is 0 Å². The molecule has 2 aromatic rings. The minimum atomic E-state index is -0.592. The van der Waals surface area contributed by atoms with Crippen LogP contribution in [0.4, 0.5) is 5.69 Å². The standard InChI is InChI=1S/C25H29N5O4S/c1-5-33-24(32)22-16(2)27-25(35)28-23(22)19-8-6-7-9-20(19)34-15-21(31)29-26-14-17-10-12-18(13-11-17)30(3)4/h6-14,23H,5,15H2,1-4H3,(H,29,31)(H2,27,28,35)/t23-/m0/s1. The van der Waals surface area contributed by atoms with Crippen molar-refractivity contribution in [2.24, 2.45) is 5.10 Å². The van der Waals surface area contributed by atoms with Gasteiger partial charge in [-0.1, -0.05) is 30.3 Å². The molecule has 0 spiro atoms. The van der Waals surface area contributed by atoms with E-state index in [1.54, 1.807) is 38.3 Å². The summed E-state index contributed by atoms with van der Waals surface area (Å²) in [6.07, 6.45) is 1.56. The first-order valence-electron chi connectivity index (χ1n) is 11.1. The Morgan fingerprint density at radius 3 is 2.57 bits per heavy atom. The van der Waals surface area contributed by atoms with E-state index >= 15 is 0 Å². The van der Waals surface area contributed by atoms with Gasteiger partial charge >= 0.3 is 5.97 Å². The largest absolute Gasteiger partial charge is 0.483 e. The first-order valence-corrected chi connectivity index (χ1v) is 11.5. The van der Waals surface area contributed by atoms with Crippen LogP contribution in [0, 0.1) is 0 Å². The second-order valence-corrected chi connectivity index (χ2v) is 8.30. The minimum absolute atomic E-state index is 0.241. The molecule has 1 aliphatic heterocycles. The molecule has 10 heteroatoms. The van der Waals surface area contributed by atoms with Gasteiger partial charge in [-0.2, -0.15) is 5.10 Å². The first-order chi connectivity index (χ1) is 16.8. The number of para-hydroxylation sites is 1. The van der Waals surface area contributed by atoms with Crippen molar-refractivity contribution in [3.8, 4) is 5.75 Å². The van der Waals surface area contributed by atoms with Crippen LogP contribution in [0.2, 0.25) is 0 Å². The summed E-state index contributed by atoms with van der Waals surface area (Å²) in [7, 11) is 3.93. The zero-order valence-electron chi connectivity index (χ0n) is 20.1. The Balaban J connectivity index is 1.68. The molecule has 0 fully saturated rings. The maximum Gasteiger partial charge on any atom is 0.338 e. The van der Waals surface area contributed by atoms with E-state index in [1.807, 2.05) is 49.3 Å². The highest BCUT2D eigenvalue weighted by molar-refractivity contribution is 7.80. The third-order valence-electron chi connectivity index (χ3n) is 5.17. The Bertz CT molecular complexity index is 1140. The second kappa shape index (κ2) is 12.0. The lowest BCUT2D eigenvalue weighted by atomic mass is 9.95. The average molecular weight is 496 g/mol. The van der Waals surface area contributed by atoms with Gasteiger partial charge in [-0.3, -0.25) is 4.79 Å². The van der Waals surface area contributed by atoms with Gasteiger partial charge in [-0.25, -0.2) is 10.2 Å². The van der Waals surface area contributed by atoms with Gasteiger partial charge in [0.15, 0.2) is 11.7 Å². The number of anilines is 1. The van der Waals surface area contributed by atoms with Crippen LogP contribution in [-0.4, -0.2) is 50.5 Å². The monoisotopic (exact) mass is 495 g/mol. The van der Waals surface area contributed by atoms with Crippen LogP contribution in [0.25, 0.3) is 0 Å². The first kappa shape index (κ1) is 25.7. The summed E-state index contributed by atoms with van der Waals surface area (Å²) in [5, 5.41) is 10.4. The number of nitrogens with one attached hydrogen (secondary N) is 3. The number of nitrogens with zero attached hydrogens (tertiary/aromatic N) is 2. The van der Waals surface area contributed by atoms with Gasteiger partial charge in [-0.15, -0.1) is 0 Å². The molecule has 3 rings (SSSR count). The van der Waals surface area contributed by atoms with Crippen LogP contribution in [0.15, 0.2) is 64.9 Å². The fourth-order valence-corrected chi connectivity index (χ4v) is 3.74. The van der Waals surface area contributed by atoms with Gasteiger partial charge in [0, 0.05) is 31.0 Å². The summed E-state index contributed by atoms with van der Waals surface area (Å²) in [6, 6.07) is 14.3. The molecule has 0 saturated heterocycles. The zero-order chi connectivity index (χ0) is 25.4.